The number of hydrogen-bond acceptors (Lipinski definition) is 5. The Morgan fingerprint density at radius 3 is 2.29 bits per heavy atom. The van der Waals surface area contributed by atoms with Gasteiger partial charge in [-0.2, -0.15) is 0 Å². The van der Waals surface area contributed by atoms with E-state index < -0.39 is 0 Å². The minimum Gasteiger partial charge on any atom is -0.493 e. The number of methoxy groups -OCH3 is 2. The Morgan fingerprint density at radius 1 is 0.968 bits per heavy atom. The van der Waals surface area contributed by atoms with Crippen molar-refractivity contribution in [3.05, 3.63) is 89.5 Å². The van der Waals surface area contributed by atoms with Crippen LogP contribution >= 0.6 is 11.8 Å². The zero-order chi connectivity index (χ0) is 21.6. The average molecular weight is 436 g/mol. The van der Waals surface area contributed by atoms with E-state index in [1.807, 2.05) is 60.7 Å². The van der Waals surface area contributed by atoms with Crippen molar-refractivity contribution in [3.63, 3.8) is 0 Å². The lowest BCUT2D eigenvalue weighted by Gasteiger charge is -2.34. The highest BCUT2D eigenvalue weighted by Crippen LogP contribution is 2.44. The van der Waals surface area contributed by atoms with Crippen LogP contribution in [-0.2, 0) is 17.9 Å². The first-order valence-electron chi connectivity index (χ1n) is 10.1. The topological polar surface area (TPSA) is 48.0 Å². The third-order valence-corrected chi connectivity index (χ3v) is 6.46. The summed E-state index contributed by atoms with van der Waals surface area (Å²) in [6.07, 6.45) is -0.317. The molecule has 3 aromatic carbocycles. The number of thioether (sulfide) groups is 1. The van der Waals surface area contributed by atoms with Gasteiger partial charge in [-0.15, -0.1) is 11.8 Å². The second kappa shape index (κ2) is 9.79. The Hall–Kier alpha value is -3.12. The van der Waals surface area contributed by atoms with Crippen LogP contribution in [0.4, 0.5) is 4.79 Å². The van der Waals surface area contributed by atoms with Crippen LogP contribution in [0.25, 0.3) is 0 Å². The summed E-state index contributed by atoms with van der Waals surface area (Å²) < 4.78 is 16.6. The van der Waals surface area contributed by atoms with E-state index in [0.29, 0.717) is 24.6 Å². The van der Waals surface area contributed by atoms with Crippen molar-refractivity contribution in [2.45, 2.75) is 23.3 Å². The van der Waals surface area contributed by atoms with Crippen LogP contribution in [-0.4, -0.2) is 31.8 Å². The number of amides is 1. The predicted octanol–water partition coefficient (Wildman–Crippen LogP) is 5.69. The lowest BCUT2D eigenvalue weighted by atomic mass is 9.98. The van der Waals surface area contributed by atoms with Crippen molar-refractivity contribution in [1.82, 2.24) is 4.90 Å². The van der Waals surface area contributed by atoms with E-state index >= 15 is 0 Å². The first-order valence-corrected chi connectivity index (χ1v) is 11.0. The largest absolute Gasteiger partial charge is 0.493 e. The summed E-state index contributed by atoms with van der Waals surface area (Å²) in [4.78, 5) is 15.8. The quantitative estimate of drug-likeness (QED) is 0.498. The molecule has 1 aliphatic heterocycles. The molecule has 3 aromatic rings. The normalized spacial score (nSPS) is 15.2. The molecule has 1 amide bonds. The van der Waals surface area contributed by atoms with Crippen LogP contribution in [0, 0.1) is 0 Å². The maximum absolute atomic E-state index is 12.9. The minimum atomic E-state index is -0.317. The number of benzene rings is 3. The van der Waals surface area contributed by atoms with E-state index in [0.717, 1.165) is 21.6 Å². The standard InChI is InChI=1S/C25H25NO4S/c1-28-22-13-19-15-26(25(27)30-17-18-9-5-3-6-10-18)16-24(21(19)14-23(22)29-2)31-20-11-7-4-8-12-20/h3-14,24H,15-17H2,1-2H3. The van der Waals surface area contributed by atoms with Crippen molar-refractivity contribution >= 4 is 17.9 Å². The van der Waals surface area contributed by atoms with Gasteiger partial charge in [0.25, 0.3) is 0 Å². The molecule has 0 aliphatic carbocycles. The SMILES string of the molecule is COc1cc2c(cc1OC)C(Sc1ccccc1)CN(C(=O)OCc1ccccc1)C2. The van der Waals surface area contributed by atoms with E-state index in [9.17, 15) is 4.79 Å². The molecule has 0 spiro atoms. The Morgan fingerprint density at radius 2 is 1.61 bits per heavy atom. The van der Waals surface area contributed by atoms with Gasteiger partial charge in [0.05, 0.1) is 19.5 Å². The van der Waals surface area contributed by atoms with Crippen LogP contribution in [0.15, 0.2) is 77.7 Å². The molecule has 4 rings (SSSR count). The molecule has 6 heteroatoms. The smallest absolute Gasteiger partial charge is 0.410 e. The summed E-state index contributed by atoms with van der Waals surface area (Å²) in [6.45, 7) is 1.27. The Kier molecular flexibility index (Phi) is 6.67. The van der Waals surface area contributed by atoms with Gasteiger partial charge in [0.1, 0.15) is 6.61 Å². The third-order valence-electron chi connectivity index (χ3n) is 5.22. The van der Waals surface area contributed by atoms with Crippen LogP contribution in [0.5, 0.6) is 11.5 Å². The van der Waals surface area contributed by atoms with Crippen molar-refractivity contribution in [3.8, 4) is 11.5 Å². The second-order valence-corrected chi connectivity index (χ2v) is 8.52. The first kappa shape index (κ1) is 21.1. The van der Waals surface area contributed by atoms with Crippen LogP contribution in [0.3, 0.4) is 0 Å². The Labute approximate surface area is 186 Å². The van der Waals surface area contributed by atoms with Gasteiger partial charge in [0, 0.05) is 18.0 Å². The van der Waals surface area contributed by atoms with Gasteiger partial charge < -0.3 is 19.1 Å². The van der Waals surface area contributed by atoms with E-state index in [1.165, 1.54) is 0 Å². The van der Waals surface area contributed by atoms with Crippen LogP contribution < -0.4 is 9.47 Å². The summed E-state index contributed by atoms with van der Waals surface area (Å²) in [6, 6.07) is 23.9. The van der Waals surface area contributed by atoms with Gasteiger partial charge in [-0.25, -0.2) is 4.79 Å². The molecule has 0 fully saturated rings. The highest BCUT2D eigenvalue weighted by molar-refractivity contribution is 7.99. The lowest BCUT2D eigenvalue weighted by Crippen LogP contribution is -2.37. The summed E-state index contributed by atoms with van der Waals surface area (Å²) in [5.41, 5.74) is 3.16. The highest BCUT2D eigenvalue weighted by Gasteiger charge is 2.31. The minimum absolute atomic E-state index is 0.0511. The van der Waals surface area contributed by atoms with E-state index in [1.54, 1.807) is 30.9 Å². The summed E-state index contributed by atoms with van der Waals surface area (Å²) in [5.74, 6) is 1.35. The molecular formula is C25H25NO4S. The Balaban J connectivity index is 1.59. The monoisotopic (exact) mass is 435 g/mol. The number of ether oxygens (including phenoxy) is 3. The van der Waals surface area contributed by atoms with Gasteiger partial charge in [-0.1, -0.05) is 48.5 Å². The van der Waals surface area contributed by atoms with Crippen molar-refractivity contribution in [2.24, 2.45) is 0 Å². The number of fused-ring (bicyclic) bond motifs is 1. The van der Waals surface area contributed by atoms with Crippen LogP contribution in [0.2, 0.25) is 0 Å². The van der Waals surface area contributed by atoms with Gasteiger partial charge in [-0.05, 0) is 41.0 Å². The van der Waals surface area contributed by atoms with E-state index in [2.05, 4.69) is 12.1 Å². The molecule has 0 saturated heterocycles. The van der Waals surface area contributed by atoms with Crippen molar-refractivity contribution < 1.29 is 19.0 Å². The summed E-state index contributed by atoms with van der Waals surface area (Å²) in [7, 11) is 3.26. The Bertz CT molecular complexity index is 1030. The molecule has 1 heterocycles. The fourth-order valence-corrected chi connectivity index (χ4v) is 4.90. The molecule has 1 atom stereocenters. The maximum Gasteiger partial charge on any atom is 0.410 e. The molecule has 31 heavy (non-hydrogen) atoms. The van der Waals surface area contributed by atoms with Crippen molar-refractivity contribution in [2.75, 3.05) is 20.8 Å². The predicted molar refractivity (Wildman–Crippen MR) is 122 cm³/mol. The number of nitrogens with zero attached hydrogens (tertiary/aromatic N) is 1. The molecule has 0 aromatic heterocycles. The molecule has 0 N–H and O–H groups in total. The van der Waals surface area contributed by atoms with Crippen LogP contribution in [0.1, 0.15) is 21.9 Å². The fraction of sp³-hybridized carbons (Fsp3) is 0.240. The number of carbonyl (C=O) groups excluding carboxylic acids is 1. The van der Waals surface area contributed by atoms with E-state index in [4.69, 9.17) is 14.2 Å². The van der Waals surface area contributed by atoms with Gasteiger partial charge in [0.15, 0.2) is 11.5 Å². The molecule has 0 radical (unpaired) electrons. The zero-order valence-electron chi connectivity index (χ0n) is 17.6. The van der Waals surface area contributed by atoms with E-state index in [-0.39, 0.29) is 18.0 Å². The molecule has 5 nitrogen and oxygen atoms in total. The molecule has 1 unspecified atom stereocenters. The van der Waals surface area contributed by atoms with Gasteiger partial charge in [-0.3, -0.25) is 0 Å². The summed E-state index contributed by atoms with van der Waals surface area (Å²) in [5, 5.41) is 0.0511. The zero-order valence-corrected chi connectivity index (χ0v) is 18.4. The van der Waals surface area contributed by atoms with Gasteiger partial charge >= 0.3 is 6.09 Å². The molecule has 160 valence electrons. The highest BCUT2D eigenvalue weighted by atomic mass is 32.2. The molecule has 1 aliphatic rings. The lowest BCUT2D eigenvalue weighted by molar-refractivity contribution is 0.0914. The first-order chi connectivity index (χ1) is 15.2. The van der Waals surface area contributed by atoms with Gasteiger partial charge in [0.2, 0.25) is 0 Å². The number of carbonyl (C=O) groups is 1. The fourth-order valence-electron chi connectivity index (χ4n) is 3.66. The second-order valence-electron chi connectivity index (χ2n) is 7.25. The summed E-state index contributed by atoms with van der Waals surface area (Å²) >= 11 is 1.73. The molecule has 0 saturated carbocycles. The number of rotatable bonds is 6. The molecule has 0 bridgehead atoms. The molecular weight excluding hydrogens is 410 g/mol. The maximum atomic E-state index is 12.9. The number of hydrogen-bond donors (Lipinski definition) is 0. The average Bonchev–Trinajstić information content (AvgIpc) is 2.82. The third kappa shape index (κ3) is 4.97. The van der Waals surface area contributed by atoms with Crippen molar-refractivity contribution in [1.29, 1.82) is 0 Å².